The highest BCUT2D eigenvalue weighted by Crippen LogP contribution is 2.41. The highest BCUT2D eigenvalue weighted by atomic mass is 35.5. The van der Waals surface area contributed by atoms with Crippen LogP contribution in [0.1, 0.15) is 31.0 Å². The Morgan fingerprint density at radius 1 is 1.16 bits per heavy atom. The molecule has 1 unspecified atom stereocenters. The maximum Gasteiger partial charge on any atom is 0.295 e. The lowest BCUT2D eigenvalue weighted by Crippen LogP contribution is -2.38. The molecule has 170 valence electrons. The van der Waals surface area contributed by atoms with Crippen LogP contribution in [-0.4, -0.2) is 64.9 Å². The zero-order chi connectivity index (χ0) is 23.4. The van der Waals surface area contributed by atoms with Gasteiger partial charge in [0, 0.05) is 31.0 Å². The van der Waals surface area contributed by atoms with E-state index in [9.17, 15) is 14.7 Å². The Morgan fingerprint density at radius 2 is 1.75 bits per heavy atom. The molecular weight excluding hydrogens is 453 g/mol. The Balaban J connectivity index is 2.12. The summed E-state index contributed by atoms with van der Waals surface area (Å²) >= 11 is 12.5. The number of likely N-dealkylation sites (tertiary alicyclic amines) is 1. The van der Waals surface area contributed by atoms with Crippen molar-refractivity contribution in [1.29, 1.82) is 0 Å². The minimum atomic E-state index is -0.757. The van der Waals surface area contributed by atoms with Crippen molar-refractivity contribution in [1.82, 2.24) is 14.8 Å². The van der Waals surface area contributed by atoms with Gasteiger partial charge >= 0.3 is 0 Å². The summed E-state index contributed by atoms with van der Waals surface area (Å²) in [7, 11) is 1.43. The van der Waals surface area contributed by atoms with Gasteiger partial charge in [-0.2, -0.15) is 0 Å². The van der Waals surface area contributed by atoms with E-state index in [1.807, 2.05) is 13.8 Å². The van der Waals surface area contributed by atoms with Crippen molar-refractivity contribution in [2.45, 2.75) is 19.9 Å². The smallest absolute Gasteiger partial charge is 0.295 e. The van der Waals surface area contributed by atoms with Crippen LogP contribution in [0.2, 0.25) is 10.0 Å². The van der Waals surface area contributed by atoms with E-state index < -0.39 is 17.7 Å². The fourth-order valence-electron chi connectivity index (χ4n) is 3.84. The van der Waals surface area contributed by atoms with Gasteiger partial charge in [-0.1, -0.05) is 37.0 Å². The lowest BCUT2D eigenvalue weighted by molar-refractivity contribution is -0.140. The first-order valence-corrected chi connectivity index (χ1v) is 11.0. The van der Waals surface area contributed by atoms with Gasteiger partial charge in [0.2, 0.25) is 0 Å². The van der Waals surface area contributed by atoms with E-state index in [4.69, 9.17) is 27.9 Å². The fourth-order valence-corrected chi connectivity index (χ4v) is 4.48. The molecule has 2 aromatic rings. The Bertz CT molecular complexity index is 1020. The van der Waals surface area contributed by atoms with E-state index in [1.165, 1.54) is 24.1 Å². The molecular formula is C23H25Cl2N3O4. The number of ether oxygens (including phenoxy) is 1. The van der Waals surface area contributed by atoms with Gasteiger partial charge in [-0.05, 0) is 42.9 Å². The van der Waals surface area contributed by atoms with Crippen LogP contribution in [0.3, 0.4) is 0 Å². The van der Waals surface area contributed by atoms with Crippen LogP contribution in [0.15, 0.2) is 42.2 Å². The molecule has 3 rings (SSSR count). The summed E-state index contributed by atoms with van der Waals surface area (Å²) in [5.74, 6) is -1.50. The standard InChI is InChI=1S/C23H25Cl2N3O4/c1-4-27(5-2)10-11-28-19(14-6-8-26-9-7-14)18(21(30)23(28)31)20(29)15-12-16(24)22(32-3)17(25)13-15/h6-9,12-13,19,29H,4-5,10-11H2,1-3H3/b20-18+. The van der Waals surface area contributed by atoms with Crippen molar-refractivity contribution < 1.29 is 19.4 Å². The molecule has 1 N–H and O–H groups in total. The molecule has 1 amide bonds. The molecule has 0 radical (unpaired) electrons. The number of carbonyl (C=O) groups is 2. The van der Waals surface area contributed by atoms with Gasteiger partial charge in [0.1, 0.15) is 5.76 Å². The lowest BCUT2D eigenvalue weighted by atomic mass is 9.96. The second-order valence-electron chi connectivity index (χ2n) is 7.27. The van der Waals surface area contributed by atoms with Crippen molar-refractivity contribution in [2.75, 3.05) is 33.3 Å². The molecule has 1 aliphatic rings. The number of likely N-dealkylation sites (N-methyl/N-ethyl adjacent to an activating group) is 1. The molecule has 1 saturated heterocycles. The predicted octanol–water partition coefficient (Wildman–Crippen LogP) is 4.16. The fraction of sp³-hybridized carbons (Fsp3) is 0.348. The minimum absolute atomic E-state index is 0.0157. The van der Waals surface area contributed by atoms with E-state index in [0.29, 0.717) is 18.7 Å². The number of rotatable bonds is 8. The topological polar surface area (TPSA) is 83.0 Å². The Labute approximate surface area is 197 Å². The summed E-state index contributed by atoms with van der Waals surface area (Å²) in [4.78, 5) is 33.7. The van der Waals surface area contributed by atoms with Crippen LogP contribution in [0.4, 0.5) is 0 Å². The van der Waals surface area contributed by atoms with Crippen molar-refractivity contribution in [3.8, 4) is 5.75 Å². The number of hydrogen-bond acceptors (Lipinski definition) is 6. The van der Waals surface area contributed by atoms with E-state index in [2.05, 4.69) is 9.88 Å². The minimum Gasteiger partial charge on any atom is -0.507 e. The molecule has 1 fully saturated rings. The Hall–Kier alpha value is -2.61. The third-order valence-corrected chi connectivity index (χ3v) is 6.15. The molecule has 1 aromatic carbocycles. The number of halogens is 2. The summed E-state index contributed by atoms with van der Waals surface area (Å²) in [5.41, 5.74) is 0.880. The second-order valence-corrected chi connectivity index (χ2v) is 8.09. The van der Waals surface area contributed by atoms with Crippen LogP contribution in [0.5, 0.6) is 5.75 Å². The monoisotopic (exact) mass is 477 g/mol. The molecule has 1 atom stereocenters. The molecule has 0 saturated carbocycles. The number of benzene rings is 1. The average Bonchev–Trinajstić information content (AvgIpc) is 3.04. The number of aliphatic hydroxyl groups excluding tert-OH is 1. The summed E-state index contributed by atoms with van der Waals surface area (Å²) in [6.07, 6.45) is 3.17. The van der Waals surface area contributed by atoms with Gasteiger partial charge in [0.25, 0.3) is 11.7 Å². The van der Waals surface area contributed by atoms with Crippen LogP contribution < -0.4 is 4.74 Å². The number of aliphatic hydroxyl groups is 1. The van der Waals surface area contributed by atoms with Crippen molar-refractivity contribution in [3.63, 3.8) is 0 Å². The zero-order valence-corrected chi connectivity index (χ0v) is 19.7. The number of aromatic nitrogens is 1. The van der Waals surface area contributed by atoms with Crippen LogP contribution >= 0.6 is 23.2 Å². The van der Waals surface area contributed by atoms with E-state index in [1.54, 1.807) is 24.5 Å². The Morgan fingerprint density at radius 3 is 2.28 bits per heavy atom. The van der Waals surface area contributed by atoms with Gasteiger partial charge in [0.15, 0.2) is 5.75 Å². The van der Waals surface area contributed by atoms with Crippen molar-refractivity contribution >= 4 is 40.7 Å². The molecule has 9 heteroatoms. The Kier molecular flexibility index (Phi) is 7.77. The van der Waals surface area contributed by atoms with Gasteiger partial charge in [-0.15, -0.1) is 0 Å². The quantitative estimate of drug-likeness (QED) is 0.349. The zero-order valence-electron chi connectivity index (χ0n) is 18.1. The molecule has 1 aliphatic heterocycles. The molecule has 1 aromatic heterocycles. The number of carbonyl (C=O) groups excluding carboxylic acids is 2. The molecule has 0 bridgehead atoms. The number of Topliss-reactive ketones (excluding diaryl/α,β-unsaturated/α-hetero) is 1. The third kappa shape index (κ3) is 4.60. The number of methoxy groups -OCH3 is 1. The molecule has 0 spiro atoms. The molecule has 7 nitrogen and oxygen atoms in total. The van der Waals surface area contributed by atoms with E-state index in [-0.39, 0.29) is 32.7 Å². The van der Waals surface area contributed by atoms with Gasteiger partial charge < -0.3 is 19.6 Å². The summed E-state index contributed by atoms with van der Waals surface area (Å²) in [6, 6.07) is 5.60. The molecule has 0 aliphatic carbocycles. The number of nitrogens with zero attached hydrogens (tertiary/aromatic N) is 3. The van der Waals surface area contributed by atoms with Crippen LogP contribution in [0.25, 0.3) is 5.76 Å². The highest BCUT2D eigenvalue weighted by molar-refractivity contribution is 6.46. The second kappa shape index (κ2) is 10.3. The summed E-state index contributed by atoms with van der Waals surface area (Å²) < 4.78 is 5.15. The van der Waals surface area contributed by atoms with Gasteiger partial charge in [0.05, 0.1) is 28.8 Å². The third-order valence-electron chi connectivity index (χ3n) is 5.59. The summed E-state index contributed by atoms with van der Waals surface area (Å²) in [5, 5.41) is 11.5. The number of ketones is 1. The molecule has 32 heavy (non-hydrogen) atoms. The maximum absolute atomic E-state index is 13.1. The number of hydrogen-bond donors (Lipinski definition) is 1. The SMILES string of the molecule is CCN(CC)CCN1C(=O)C(=O)/C(=C(/O)c2cc(Cl)c(OC)c(Cl)c2)C1c1ccncc1. The van der Waals surface area contributed by atoms with E-state index in [0.717, 1.165) is 13.1 Å². The first-order chi connectivity index (χ1) is 15.3. The average molecular weight is 478 g/mol. The number of amides is 1. The predicted molar refractivity (Wildman–Crippen MR) is 124 cm³/mol. The maximum atomic E-state index is 13.1. The van der Waals surface area contributed by atoms with Crippen LogP contribution in [0, 0.1) is 0 Å². The summed E-state index contributed by atoms with van der Waals surface area (Å²) in [6.45, 7) is 6.65. The lowest BCUT2D eigenvalue weighted by Gasteiger charge is -2.28. The van der Waals surface area contributed by atoms with Crippen LogP contribution in [-0.2, 0) is 9.59 Å². The van der Waals surface area contributed by atoms with Crippen molar-refractivity contribution in [2.24, 2.45) is 0 Å². The van der Waals surface area contributed by atoms with E-state index >= 15 is 0 Å². The number of pyridine rings is 1. The highest BCUT2D eigenvalue weighted by Gasteiger charge is 2.46. The first-order valence-electron chi connectivity index (χ1n) is 10.3. The van der Waals surface area contributed by atoms with Crippen molar-refractivity contribution in [3.05, 3.63) is 63.4 Å². The van der Waals surface area contributed by atoms with Gasteiger partial charge in [-0.3, -0.25) is 14.6 Å². The largest absolute Gasteiger partial charge is 0.507 e. The normalized spacial score (nSPS) is 17.9. The van der Waals surface area contributed by atoms with Gasteiger partial charge in [-0.25, -0.2) is 0 Å². The molecule has 2 heterocycles. The first kappa shape index (κ1) is 24.0.